The van der Waals surface area contributed by atoms with Crippen LogP contribution in [0, 0.1) is 6.92 Å². The van der Waals surface area contributed by atoms with Gasteiger partial charge in [-0.15, -0.1) is 11.3 Å². The maximum absolute atomic E-state index is 12.5. The lowest BCUT2D eigenvalue weighted by Crippen LogP contribution is -2.17. The van der Waals surface area contributed by atoms with E-state index in [1.807, 2.05) is 48.7 Å². The summed E-state index contributed by atoms with van der Waals surface area (Å²) in [6.45, 7) is 4.42. The maximum Gasteiger partial charge on any atom is 0.271 e. The minimum atomic E-state index is -0.341. The number of halogens is 1. The van der Waals surface area contributed by atoms with Crippen molar-refractivity contribution in [3.05, 3.63) is 87.8 Å². The van der Waals surface area contributed by atoms with Crippen molar-refractivity contribution in [1.82, 2.24) is 10.4 Å². The Bertz CT molecular complexity index is 1370. The van der Waals surface area contributed by atoms with Crippen molar-refractivity contribution in [3.8, 4) is 22.8 Å². The van der Waals surface area contributed by atoms with Crippen LogP contribution in [0.25, 0.3) is 11.3 Å². The van der Waals surface area contributed by atoms with Gasteiger partial charge in [-0.25, -0.2) is 10.4 Å². The fourth-order valence-corrected chi connectivity index (χ4v) is 4.26. The largest absolute Gasteiger partial charge is 0.493 e. The monoisotopic (exact) mass is 520 g/mol. The van der Waals surface area contributed by atoms with Crippen LogP contribution in [0.15, 0.2) is 71.1 Å². The number of carbonyl (C=O) groups is 1. The summed E-state index contributed by atoms with van der Waals surface area (Å²) in [7, 11) is 1.55. The number of carbonyl (C=O) groups excluding carboxylic acids is 1. The van der Waals surface area contributed by atoms with Gasteiger partial charge in [-0.05, 0) is 44.2 Å². The number of rotatable bonds is 9. The molecule has 0 radical (unpaired) electrons. The number of thiazole rings is 1. The van der Waals surface area contributed by atoms with E-state index in [0.29, 0.717) is 34.3 Å². The molecule has 7 nitrogen and oxygen atoms in total. The van der Waals surface area contributed by atoms with E-state index in [0.717, 1.165) is 22.1 Å². The summed E-state index contributed by atoms with van der Waals surface area (Å²) in [5.41, 5.74) is 7.52. The smallest absolute Gasteiger partial charge is 0.271 e. The number of aromatic nitrogens is 1. The van der Waals surface area contributed by atoms with E-state index in [9.17, 15) is 4.79 Å². The zero-order valence-corrected chi connectivity index (χ0v) is 21.6. The van der Waals surface area contributed by atoms with Crippen molar-refractivity contribution < 1.29 is 14.3 Å². The number of hydrazone groups is 1. The lowest BCUT2D eigenvalue weighted by atomic mass is 10.1. The molecule has 1 aromatic heterocycles. The summed E-state index contributed by atoms with van der Waals surface area (Å²) in [6.07, 6.45) is 1.46. The number of anilines is 2. The second kappa shape index (κ2) is 11.7. The van der Waals surface area contributed by atoms with Crippen LogP contribution in [0.2, 0.25) is 5.02 Å². The number of aryl methyl sites for hydroxylation is 1. The molecule has 36 heavy (non-hydrogen) atoms. The summed E-state index contributed by atoms with van der Waals surface area (Å²) in [4.78, 5) is 17.2. The van der Waals surface area contributed by atoms with E-state index in [1.54, 1.807) is 31.4 Å². The number of benzene rings is 3. The molecule has 3 aromatic carbocycles. The third kappa shape index (κ3) is 6.21. The SMILES string of the molecule is CCOc1cc(Cl)c(/C=N\NC(=O)c2ccc(-c3csc(Nc4ccc(C)cc4)n3)cc2)cc1OC. The number of hydrogen-bond donors (Lipinski definition) is 2. The summed E-state index contributed by atoms with van der Waals surface area (Å²) >= 11 is 7.83. The van der Waals surface area contributed by atoms with E-state index < -0.39 is 0 Å². The minimum absolute atomic E-state index is 0.341. The second-order valence-electron chi connectivity index (χ2n) is 7.76. The molecule has 0 spiro atoms. The number of methoxy groups -OCH3 is 1. The Kier molecular flexibility index (Phi) is 8.20. The van der Waals surface area contributed by atoms with Gasteiger partial charge in [0.2, 0.25) is 0 Å². The molecule has 0 aliphatic carbocycles. The molecule has 4 rings (SSSR count). The number of nitrogens with zero attached hydrogens (tertiary/aromatic N) is 2. The van der Waals surface area contributed by atoms with Gasteiger partial charge in [0, 0.05) is 33.8 Å². The number of nitrogens with one attached hydrogen (secondary N) is 2. The van der Waals surface area contributed by atoms with Crippen LogP contribution >= 0.6 is 22.9 Å². The summed E-state index contributed by atoms with van der Waals surface area (Å²) in [5.74, 6) is 0.736. The van der Waals surface area contributed by atoms with Gasteiger partial charge in [0.15, 0.2) is 16.6 Å². The van der Waals surface area contributed by atoms with Gasteiger partial charge in [-0.1, -0.05) is 41.4 Å². The maximum atomic E-state index is 12.5. The van der Waals surface area contributed by atoms with Crippen LogP contribution in [-0.2, 0) is 0 Å². The average molecular weight is 521 g/mol. The minimum Gasteiger partial charge on any atom is -0.493 e. The highest BCUT2D eigenvalue weighted by Gasteiger charge is 2.11. The standard InChI is InChI=1S/C27H25ClN4O3S/c1-4-35-25-14-22(28)20(13-24(25)34-3)15-29-32-26(33)19-9-7-18(8-10-19)23-16-36-27(31-23)30-21-11-5-17(2)6-12-21/h5-16H,4H2,1-3H3,(H,30,31)(H,32,33)/b29-15-. The van der Waals surface area contributed by atoms with Crippen molar-refractivity contribution in [2.45, 2.75) is 13.8 Å². The van der Waals surface area contributed by atoms with Crippen LogP contribution in [-0.4, -0.2) is 30.8 Å². The van der Waals surface area contributed by atoms with Crippen molar-refractivity contribution in [2.24, 2.45) is 5.10 Å². The summed E-state index contributed by atoms with van der Waals surface area (Å²) in [6, 6.07) is 18.7. The average Bonchev–Trinajstić information content (AvgIpc) is 3.35. The van der Waals surface area contributed by atoms with Gasteiger partial charge >= 0.3 is 0 Å². The molecular weight excluding hydrogens is 496 g/mol. The molecule has 0 aliphatic heterocycles. The van der Waals surface area contributed by atoms with Crippen LogP contribution in [0.5, 0.6) is 11.5 Å². The van der Waals surface area contributed by atoms with Gasteiger partial charge in [-0.3, -0.25) is 4.79 Å². The molecule has 0 saturated carbocycles. The number of ether oxygens (including phenoxy) is 2. The van der Waals surface area contributed by atoms with E-state index in [-0.39, 0.29) is 5.91 Å². The quantitative estimate of drug-likeness (QED) is 0.190. The van der Waals surface area contributed by atoms with Crippen LogP contribution in [0.4, 0.5) is 10.8 Å². The van der Waals surface area contributed by atoms with E-state index in [2.05, 4.69) is 27.8 Å². The summed E-state index contributed by atoms with van der Waals surface area (Å²) in [5, 5.41) is 10.6. The highest BCUT2D eigenvalue weighted by atomic mass is 35.5. The fraction of sp³-hybridized carbons (Fsp3) is 0.148. The van der Waals surface area contributed by atoms with Gasteiger partial charge in [0.1, 0.15) is 0 Å². The molecule has 1 heterocycles. The van der Waals surface area contributed by atoms with Crippen LogP contribution in [0.3, 0.4) is 0 Å². The zero-order valence-electron chi connectivity index (χ0n) is 20.0. The fourth-order valence-electron chi connectivity index (χ4n) is 3.32. The lowest BCUT2D eigenvalue weighted by Gasteiger charge is -2.11. The van der Waals surface area contributed by atoms with Crippen molar-refractivity contribution in [1.29, 1.82) is 0 Å². The molecule has 2 N–H and O–H groups in total. The molecule has 9 heteroatoms. The number of amides is 1. The third-order valence-electron chi connectivity index (χ3n) is 5.20. The molecule has 4 aromatic rings. The normalized spacial score (nSPS) is 10.9. The van der Waals surface area contributed by atoms with E-state index >= 15 is 0 Å². The Balaban J connectivity index is 1.38. The van der Waals surface area contributed by atoms with Crippen molar-refractivity contribution in [3.63, 3.8) is 0 Å². The zero-order chi connectivity index (χ0) is 25.5. The Hall–Kier alpha value is -3.88. The first-order chi connectivity index (χ1) is 17.5. The molecule has 1 amide bonds. The molecule has 184 valence electrons. The predicted molar refractivity (Wildman–Crippen MR) is 146 cm³/mol. The Morgan fingerprint density at radius 1 is 1.11 bits per heavy atom. The lowest BCUT2D eigenvalue weighted by molar-refractivity contribution is 0.0955. The highest BCUT2D eigenvalue weighted by molar-refractivity contribution is 7.14. The van der Waals surface area contributed by atoms with Crippen LogP contribution in [0.1, 0.15) is 28.4 Å². The van der Waals surface area contributed by atoms with Crippen molar-refractivity contribution in [2.75, 3.05) is 19.0 Å². The first kappa shape index (κ1) is 25.2. The Morgan fingerprint density at radius 2 is 1.86 bits per heavy atom. The van der Waals surface area contributed by atoms with Gasteiger partial charge in [0.05, 0.1) is 30.6 Å². The third-order valence-corrected chi connectivity index (χ3v) is 6.29. The molecule has 0 saturated heterocycles. The molecular formula is C27H25ClN4O3S. The van der Waals surface area contributed by atoms with E-state index in [4.69, 9.17) is 21.1 Å². The molecule has 0 bridgehead atoms. The number of hydrogen-bond acceptors (Lipinski definition) is 7. The van der Waals surface area contributed by atoms with E-state index in [1.165, 1.54) is 23.1 Å². The molecule has 0 aliphatic rings. The van der Waals surface area contributed by atoms with Gasteiger partial charge in [-0.2, -0.15) is 5.10 Å². The first-order valence-electron chi connectivity index (χ1n) is 11.2. The summed E-state index contributed by atoms with van der Waals surface area (Å²) < 4.78 is 10.8. The second-order valence-corrected chi connectivity index (χ2v) is 9.03. The van der Waals surface area contributed by atoms with Gasteiger partial charge < -0.3 is 14.8 Å². The predicted octanol–water partition coefficient (Wildman–Crippen LogP) is 6.69. The topological polar surface area (TPSA) is 84.8 Å². The molecule has 0 atom stereocenters. The first-order valence-corrected chi connectivity index (χ1v) is 12.5. The van der Waals surface area contributed by atoms with Crippen molar-refractivity contribution >= 4 is 45.9 Å². The van der Waals surface area contributed by atoms with Crippen LogP contribution < -0.4 is 20.2 Å². The molecule has 0 unspecified atom stereocenters. The van der Waals surface area contributed by atoms with Gasteiger partial charge in [0.25, 0.3) is 5.91 Å². The Labute approximate surface area is 218 Å². The highest BCUT2D eigenvalue weighted by Crippen LogP contribution is 2.32. The molecule has 0 fully saturated rings. The Morgan fingerprint density at radius 3 is 2.56 bits per heavy atom.